The second-order valence-corrected chi connectivity index (χ2v) is 4.43. The molecule has 2 aromatic rings. The topological polar surface area (TPSA) is 38.9 Å². The number of benzene rings is 1. The fourth-order valence-corrected chi connectivity index (χ4v) is 2.19. The van der Waals surface area contributed by atoms with E-state index < -0.39 is 11.6 Å². The zero-order valence-electron chi connectivity index (χ0n) is 10.0. The number of pyridine rings is 1. The van der Waals surface area contributed by atoms with Crippen molar-refractivity contribution in [3.63, 3.8) is 0 Å². The molecule has 2 N–H and O–H groups in total. The van der Waals surface area contributed by atoms with Gasteiger partial charge in [-0.2, -0.15) is 0 Å². The fourth-order valence-electron chi connectivity index (χ4n) is 2.19. The van der Waals surface area contributed by atoms with Gasteiger partial charge in [0, 0.05) is 11.4 Å². The average Bonchev–Trinajstić information content (AvgIpc) is 2.22. The Hall–Kier alpha value is -1.71. The predicted molar refractivity (Wildman–Crippen MR) is 64.9 cm³/mol. The van der Waals surface area contributed by atoms with Crippen molar-refractivity contribution in [1.29, 1.82) is 0 Å². The van der Waals surface area contributed by atoms with Crippen LogP contribution in [0.3, 0.4) is 0 Å². The molecule has 0 aliphatic rings. The lowest BCUT2D eigenvalue weighted by Crippen LogP contribution is -2.05. The van der Waals surface area contributed by atoms with Gasteiger partial charge in [0.2, 0.25) is 0 Å². The van der Waals surface area contributed by atoms with Gasteiger partial charge in [-0.05, 0) is 30.5 Å². The Bertz CT molecular complexity index is 592. The molecule has 1 aromatic heterocycles. The first-order chi connectivity index (χ1) is 7.93. The van der Waals surface area contributed by atoms with Crippen LogP contribution in [-0.2, 0) is 0 Å². The highest BCUT2D eigenvalue weighted by Crippen LogP contribution is 2.33. The minimum absolute atomic E-state index is 0.00407. The molecule has 0 amide bonds. The van der Waals surface area contributed by atoms with Gasteiger partial charge in [0.25, 0.3) is 0 Å². The Morgan fingerprint density at radius 3 is 2.35 bits per heavy atom. The summed E-state index contributed by atoms with van der Waals surface area (Å²) in [6.45, 7) is 5.66. The molecule has 0 radical (unpaired) electrons. The van der Waals surface area contributed by atoms with E-state index >= 15 is 0 Å². The molecule has 0 fully saturated rings. The summed E-state index contributed by atoms with van der Waals surface area (Å²) in [4.78, 5) is 4.12. The summed E-state index contributed by atoms with van der Waals surface area (Å²) < 4.78 is 27.3. The molecular weight excluding hydrogens is 222 g/mol. The maximum Gasteiger partial charge on any atom is 0.149 e. The lowest BCUT2D eigenvalue weighted by molar-refractivity contribution is 0.615. The molecule has 0 saturated heterocycles. The molecule has 0 unspecified atom stereocenters. The monoisotopic (exact) mass is 236 g/mol. The first-order valence-corrected chi connectivity index (χ1v) is 5.47. The largest absolute Gasteiger partial charge is 0.398 e. The Labute approximate surface area is 98.5 Å². The number of halogens is 2. The minimum Gasteiger partial charge on any atom is -0.398 e. The summed E-state index contributed by atoms with van der Waals surface area (Å²) in [7, 11) is 0. The van der Waals surface area contributed by atoms with E-state index in [1.165, 1.54) is 0 Å². The van der Waals surface area contributed by atoms with Crippen molar-refractivity contribution in [1.82, 2.24) is 4.98 Å². The second-order valence-electron chi connectivity index (χ2n) is 4.43. The zero-order valence-corrected chi connectivity index (χ0v) is 10.0. The number of anilines is 1. The lowest BCUT2D eigenvalue weighted by atomic mass is 9.97. The highest BCUT2D eigenvalue weighted by molar-refractivity contribution is 5.93. The minimum atomic E-state index is -0.550. The van der Waals surface area contributed by atoms with E-state index in [4.69, 9.17) is 5.73 Å². The van der Waals surface area contributed by atoms with Gasteiger partial charge in [-0.3, -0.25) is 0 Å². The van der Waals surface area contributed by atoms with Gasteiger partial charge in [-0.15, -0.1) is 0 Å². The molecule has 1 aromatic carbocycles. The molecule has 17 heavy (non-hydrogen) atoms. The summed E-state index contributed by atoms with van der Waals surface area (Å²) in [6, 6.07) is 2.15. The van der Waals surface area contributed by atoms with Crippen molar-refractivity contribution in [2.45, 2.75) is 26.7 Å². The maximum atomic E-state index is 13.7. The summed E-state index contributed by atoms with van der Waals surface area (Å²) in [5.41, 5.74) is 7.67. The quantitative estimate of drug-likeness (QED) is 0.822. The van der Waals surface area contributed by atoms with E-state index in [1.54, 1.807) is 6.92 Å². The van der Waals surface area contributed by atoms with Gasteiger partial charge in [0.1, 0.15) is 17.2 Å². The van der Waals surface area contributed by atoms with Crippen LogP contribution in [0, 0.1) is 18.6 Å². The second kappa shape index (κ2) is 3.95. The van der Waals surface area contributed by atoms with E-state index in [9.17, 15) is 8.78 Å². The van der Waals surface area contributed by atoms with Crippen molar-refractivity contribution in [3.05, 3.63) is 35.0 Å². The number of nitrogens with two attached hydrogens (primary N) is 1. The van der Waals surface area contributed by atoms with Crippen LogP contribution in [0.15, 0.2) is 12.1 Å². The van der Waals surface area contributed by atoms with E-state index in [-0.39, 0.29) is 16.8 Å². The van der Waals surface area contributed by atoms with Crippen LogP contribution < -0.4 is 5.73 Å². The molecular formula is C13H14F2N2. The number of fused-ring (bicyclic) bond motifs is 1. The first kappa shape index (κ1) is 11.8. The zero-order chi connectivity index (χ0) is 12.7. The van der Waals surface area contributed by atoms with Crippen molar-refractivity contribution in [2.75, 3.05) is 5.73 Å². The normalized spacial score (nSPS) is 11.4. The van der Waals surface area contributed by atoms with Crippen LogP contribution in [0.1, 0.15) is 31.0 Å². The van der Waals surface area contributed by atoms with Gasteiger partial charge in [0.15, 0.2) is 0 Å². The molecule has 0 bridgehead atoms. The van der Waals surface area contributed by atoms with Crippen LogP contribution in [0.5, 0.6) is 0 Å². The Morgan fingerprint density at radius 1 is 1.18 bits per heavy atom. The van der Waals surface area contributed by atoms with Crippen LogP contribution >= 0.6 is 0 Å². The van der Waals surface area contributed by atoms with Crippen molar-refractivity contribution >= 4 is 16.6 Å². The number of rotatable bonds is 1. The van der Waals surface area contributed by atoms with Crippen LogP contribution in [0.25, 0.3) is 10.9 Å². The number of aryl methyl sites for hydroxylation is 1. The SMILES string of the molecule is Cc1nc2c(F)ccc(F)c2c(N)c1C(C)C. The van der Waals surface area contributed by atoms with E-state index in [0.717, 1.165) is 17.7 Å². The number of hydrogen-bond donors (Lipinski definition) is 1. The van der Waals surface area contributed by atoms with Crippen molar-refractivity contribution in [2.24, 2.45) is 0 Å². The third-order valence-corrected chi connectivity index (χ3v) is 2.88. The standard InChI is InChI=1S/C13H14F2N2/c1-6(2)10-7(3)17-13-9(15)5-4-8(14)11(13)12(10)16/h4-6H,1-3H3,(H2,16,17). The maximum absolute atomic E-state index is 13.7. The number of nitrogens with zero attached hydrogens (tertiary/aromatic N) is 1. The smallest absolute Gasteiger partial charge is 0.149 e. The molecule has 2 nitrogen and oxygen atoms in total. The van der Waals surface area contributed by atoms with Crippen LogP contribution in [-0.4, -0.2) is 4.98 Å². The highest BCUT2D eigenvalue weighted by atomic mass is 19.1. The molecule has 4 heteroatoms. The number of aromatic nitrogens is 1. The molecule has 0 aliphatic carbocycles. The molecule has 1 heterocycles. The summed E-state index contributed by atoms with van der Waals surface area (Å²) >= 11 is 0. The number of nitrogen functional groups attached to an aromatic ring is 1. The number of hydrogen-bond acceptors (Lipinski definition) is 2. The van der Waals surface area contributed by atoms with Crippen LogP contribution in [0.2, 0.25) is 0 Å². The average molecular weight is 236 g/mol. The van der Waals surface area contributed by atoms with Gasteiger partial charge < -0.3 is 5.73 Å². The van der Waals surface area contributed by atoms with Gasteiger partial charge >= 0.3 is 0 Å². The fraction of sp³-hybridized carbons (Fsp3) is 0.308. The van der Waals surface area contributed by atoms with Gasteiger partial charge in [0.05, 0.1) is 5.39 Å². The Kier molecular flexibility index (Phi) is 2.73. The van der Waals surface area contributed by atoms with Gasteiger partial charge in [-0.25, -0.2) is 13.8 Å². The summed E-state index contributed by atoms with van der Waals surface area (Å²) in [6.07, 6.45) is 0. The molecule has 2 rings (SSSR count). The highest BCUT2D eigenvalue weighted by Gasteiger charge is 2.17. The molecule has 0 spiro atoms. The van der Waals surface area contributed by atoms with E-state index in [0.29, 0.717) is 11.4 Å². The third-order valence-electron chi connectivity index (χ3n) is 2.88. The summed E-state index contributed by atoms with van der Waals surface area (Å²) in [5, 5.41) is 0.0827. The Balaban J connectivity index is 2.97. The molecule has 0 atom stereocenters. The first-order valence-electron chi connectivity index (χ1n) is 5.47. The third kappa shape index (κ3) is 1.73. The van der Waals surface area contributed by atoms with E-state index in [2.05, 4.69) is 4.98 Å². The predicted octanol–water partition coefficient (Wildman–Crippen LogP) is 3.53. The lowest BCUT2D eigenvalue weighted by Gasteiger charge is -2.15. The van der Waals surface area contributed by atoms with Crippen LogP contribution in [0.4, 0.5) is 14.5 Å². The van der Waals surface area contributed by atoms with Crippen molar-refractivity contribution < 1.29 is 8.78 Å². The van der Waals surface area contributed by atoms with E-state index in [1.807, 2.05) is 13.8 Å². The van der Waals surface area contributed by atoms with Crippen molar-refractivity contribution in [3.8, 4) is 0 Å². The molecule has 0 saturated carbocycles. The molecule has 0 aliphatic heterocycles. The summed E-state index contributed by atoms with van der Waals surface area (Å²) in [5.74, 6) is -0.964. The van der Waals surface area contributed by atoms with Gasteiger partial charge in [-0.1, -0.05) is 13.8 Å². The Morgan fingerprint density at radius 2 is 1.76 bits per heavy atom. The molecule has 90 valence electrons.